The molecule has 2 rings (SSSR count). The van der Waals surface area contributed by atoms with Crippen molar-refractivity contribution in [2.75, 3.05) is 0 Å². The van der Waals surface area contributed by atoms with Gasteiger partial charge in [0.1, 0.15) is 6.04 Å². The molecule has 0 saturated heterocycles. The monoisotopic (exact) mass is 292 g/mol. The first-order valence-electron chi connectivity index (χ1n) is 7.12. The molecule has 1 heterocycles. The van der Waals surface area contributed by atoms with Crippen molar-refractivity contribution in [2.24, 2.45) is 5.92 Å². The van der Waals surface area contributed by atoms with Crippen LogP contribution in [0.1, 0.15) is 43.5 Å². The molecule has 1 fully saturated rings. The Hall–Kier alpha value is -2.11. The van der Waals surface area contributed by atoms with Crippen LogP contribution < -0.4 is 10.1 Å². The van der Waals surface area contributed by atoms with Crippen LogP contribution in [0.3, 0.4) is 0 Å². The number of carboxylic acid groups (broad SMARTS) is 1. The van der Waals surface area contributed by atoms with E-state index >= 15 is 0 Å². The Bertz CT molecular complexity index is 509. The summed E-state index contributed by atoms with van der Waals surface area (Å²) in [5.41, 5.74) is 0.327. The predicted octanol–water partition coefficient (Wildman–Crippen LogP) is 1.85. The van der Waals surface area contributed by atoms with Gasteiger partial charge in [0.25, 0.3) is 5.91 Å². The van der Waals surface area contributed by atoms with Gasteiger partial charge >= 0.3 is 5.97 Å². The number of amides is 1. The summed E-state index contributed by atoms with van der Waals surface area (Å²) in [6.45, 7) is 3.77. The first-order chi connectivity index (χ1) is 9.95. The van der Waals surface area contributed by atoms with Crippen LogP contribution in [0.15, 0.2) is 18.3 Å². The molecule has 1 unspecified atom stereocenters. The fourth-order valence-electron chi connectivity index (χ4n) is 1.98. The Balaban J connectivity index is 1.96. The summed E-state index contributed by atoms with van der Waals surface area (Å²) in [4.78, 5) is 27.2. The highest BCUT2D eigenvalue weighted by Gasteiger charge is 2.30. The third kappa shape index (κ3) is 4.73. The molecule has 1 saturated carbocycles. The van der Waals surface area contributed by atoms with Crippen LogP contribution in [0.4, 0.5) is 0 Å². The molecule has 21 heavy (non-hydrogen) atoms. The first kappa shape index (κ1) is 15.3. The highest BCUT2D eigenvalue weighted by atomic mass is 16.5. The van der Waals surface area contributed by atoms with Crippen LogP contribution >= 0.6 is 0 Å². The zero-order valence-corrected chi connectivity index (χ0v) is 12.2. The maximum absolute atomic E-state index is 12.0. The van der Waals surface area contributed by atoms with Gasteiger partial charge in [0, 0.05) is 12.3 Å². The molecule has 0 spiro atoms. The molecule has 114 valence electrons. The van der Waals surface area contributed by atoms with E-state index in [4.69, 9.17) is 9.84 Å². The number of ether oxygens (including phenoxy) is 1. The maximum Gasteiger partial charge on any atom is 0.326 e. The maximum atomic E-state index is 12.0. The molecular weight excluding hydrogens is 272 g/mol. The number of aromatic nitrogens is 1. The lowest BCUT2D eigenvalue weighted by Gasteiger charge is -2.14. The summed E-state index contributed by atoms with van der Waals surface area (Å²) in [6, 6.07) is 2.35. The molecule has 6 nitrogen and oxygen atoms in total. The number of pyridine rings is 1. The number of carbonyl (C=O) groups is 2. The lowest BCUT2D eigenvalue weighted by molar-refractivity contribution is -0.139. The summed E-state index contributed by atoms with van der Waals surface area (Å²) in [6.07, 6.45) is 3.98. The van der Waals surface area contributed by atoms with Crippen molar-refractivity contribution in [3.8, 4) is 5.88 Å². The van der Waals surface area contributed by atoms with E-state index in [0.29, 0.717) is 23.8 Å². The van der Waals surface area contributed by atoms with Gasteiger partial charge in [0.05, 0.1) is 11.7 Å². The van der Waals surface area contributed by atoms with E-state index in [2.05, 4.69) is 10.3 Å². The van der Waals surface area contributed by atoms with Crippen LogP contribution in [0.25, 0.3) is 0 Å². The van der Waals surface area contributed by atoms with E-state index < -0.39 is 17.9 Å². The second kappa shape index (κ2) is 6.56. The van der Waals surface area contributed by atoms with Gasteiger partial charge in [0.15, 0.2) is 0 Å². The number of nitrogens with one attached hydrogen (secondary N) is 1. The lowest BCUT2D eigenvalue weighted by Crippen LogP contribution is -2.41. The minimum absolute atomic E-state index is 0.00658. The van der Waals surface area contributed by atoms with Gasteiger partial charge in [-0.15, -0.1) is 0 Å². The molecule has 1 atom stereocenters. The van der Waals surface area contributed by atoms with Crippen molar-refractivity contribution in [2.45, 2.75) is 45.3 Å². The standard InChI is InChI=1S/C15H20N2O4/c1-9(2)21-13-6-5-11(8-16-13)14(18)17-12(15(19)20)7-10-3-4-10/h5-6,8-10,12H,3-4,7H2,1-2H3,(H,17,18)(H,19,20). The van der Waals surface area contributed by atoms with Crippen LogP contribution in [-0.4, -0.2) is 34.1 Å². The fourth-order valence-corrected chi connectivity index (χ4v) is 1.98. The average Bonchev–Trinajstić information content (AvgIpc) is 3.22. The average molecular weight is 292 g/mol. The highest BCUT2D eigenvalue weighted by molar-refractivity contribution is 5.96. The van der Waals surface area contributed by atoms with E-state index in [1.54, 1.807) is 12.1 Å². The first-order valence-corrected chi connectivity index (χ1v) is 7.12. The van der Waals surface area contributed by atoms with Crippen molar-refractivity contribution in [1.82, 2.24) is 10.3 Å². The van der Waals surface area contributed by atoms with Gasteiger partial charge in [-0.25, -0.2) is 9.78 Å². The van der Waals surface area contributed by atoms with Crippen LogP contribution in [-0.2, 0) is 4.79 Å². The summed E-state index contributed by atoms with van der Waals surface area (Å²) in [5, 5.41) is 11.7. The Kier molecular flexibility index (Phi) is 4.77. The molecule has 0 radical (unpaired) electrons. The van der Waals surface area contributed by atoms with Crippen LogP contribution in [0.2, 0.25) is 0 Å². The lowest BCUT2D eigenvalue weighted by atomic mass is 10.1. The second-order valence-corrected chi connectivity index (χ2v) is 5.60. The molecule has 1 aliphatic carbocycles. The number of carboxylic acids is 1. The van der Waals surface area contributed by atoms with E-state index in [-0.39, 0.29) is 6.10 Å². The van der Waals surface area contributed by atoms with Gasteiger partial charge in [-0.2, -0.15) is 0 Å². The Morgan fingerprint density at radius 2 is 2.14 bits per heavy atom. The molecule has 1 amide bonds. The van der Waals surface area contributed by atoms with Crippen molar-refractivity contribution < 1.29 is 19.4 Å². The number of aliphatic carboxylic acids is 1. The Morgan fingerprint density at radius 3 is 2.62 bits per heavy atom. The number of hydrogen-bond acceptors (Lipinski definition) is 4. The Morgan fingerprint density at radius 1 is 1.43 bits per heavy atom. The van der Waals surface area contributed by atoms with E-state index in [0.717, 1.165) is 12.8 Å². The number of rotatable bonds is 7. The molecule has 2 N–H and O–H groups in total. The van der Waals surface area contributed by atoms with Crippen LogP contribution in [0, 0.1) is 5.92 Å². The molecule has 0 aromatic carbocycles. The highest BCUT2D eigenvalue weighted by Crippen LogP contribution is 2.33. The van der Waals surface area contributed by atoms with Crippen LogP contribution in [0.5, 0.6) is 5.88 Å². The zero-order chi connectivity index (χ0) is 15.4. The largest absolute Gasteiger partial charge is 0.480 e. The topological polar surface area (TPSA) is 88.5 Å². The quantitative estimate of drug-likeness (QED) is 0.800. The molecule has 1 aromatic heterocycles. The fraction of sp³-hybridized carbons (Fsp3) is 0.533. The van der Waals surface area contributed by atoms with Gasteiger partial charge in [-0.05, 0) is 32.3 Å². The van der Waals surface area contributed by atoms with Crippen molar-refractivity contribution in [1.29, 1.82) is 0 Å². The minimum Gasteiger partial charge on any atom is -0.480 e. The minimum atomic E-state index is -0.997. The normalized spacial score (nSPS) is 15.6. The summed E-state index contributed by atoms with van der Waals surface area (Å²) in [7, 11) is 0. The number of carbonyl (C=O) groups excluding carboxylic acids is 1. The van der Waals surface area contributed by atoms with Crippen molar-refractivity contribution in [3.05, 3.63) is 23.9 Å². The molecular formula is C15H20N2O4. The molecule has 1 aliphatic rings. The van der Waals surface area contributed by atoms with E-state index in [9.17, 15) is 9.59 Å². The summed E-state index contributed by atoms with van der Waals surface area (Å²) in [5.74, 6) is -0.560. The molecule has 0 aliphatic heterocycles. The van der Waals surface area contributed by atoms with Gasteiger partial charge in [-0.1, -0.05) is 12.8 Å². The Labute approximate surface area is 123 Å². The van der Waals surface area contributed by atoms with Gasteiger partial charge in [-0.3, -0.25) is 4.79 Å². The predicted molar refractivity (Wildman–Crippen MR) is 76.2 cm³/mol. The number of nitrogens with zero attached hydrogens (tertiary/aromatic N) is 1. The third-order valence-corrected chi connectivity index (χ3v) is 3.22. The van der Waals surface area contributed by atoms with Crippen molar-refractivity contribution in [3.63, 3.8) is 0 Å². The van der Waals surface area contributed by atoms with Gasteiger partial charge < -0.3 is 15.2 Å². The van der Waals surface area contributed by atoms with E-state index in [1.165, 1.54) is 6.20 Å². The third-order valence-electron chi connectivity index (χ3n) is 3.22. The summed E-state index contributed by atoms with van der Waals surface area (Å²) < 4.78 is 5.39. The smallest absolute Gasteiger partial charge is 0.326 e. The van der Waals surface area contributed by atoms with Gasteiger partial charge in [0.2, 0.25) is 5.88 Å². The van der Waals surface area contributed by atoms with Crippen molar-refractivity contribution >= 4 is 11.9 Å². The SMILES string of the molecule is CC(C)Oc1ccc(C(=O)NC(CC2CC2)C(=O)O)cn1. The van der Waals surface area contributed by atoms with E-state index in [1.807, 2.05) is 13.8 Å². The molecule has 0 bridgehead atoms. The molecule has 1 aromatic rings. The zero-order valence-electron chi connectivity index (χ0n) is 12.2. The number of hydrogen-bond donors (Lipinski definition) is 2. The summed E-state index contributed by atoms with van der Waals surface area (Å²) >= 11 is 0. The second-order valence-electron chi connectivity index (χ2n) is 5.60. The molecule has 6 heteroatoms.